The fraction of sp³-hybridized carbons (Fsp3) is 0.571. The first-order valence-electron chi connectivity index (χ1n) is 6.85. The van der Waals surface area contributed by atoms with E-state index >= 15 is 0 Å². The first-order chi connectivity index (χ1) is 9.03. The normalized spacial score (nSPS) is 17.1. The van der Waals surface area contributed by atoms with E-state index in [1.54, 1.807) is 6.07 Å². The van der Waals surface area contributed by atoms with E-state index in [9.17, 15) is 8.42 Å². The molecular weight excluding hydrogens is 260 g/mol. The van der Waals surface area contributed by atoms with Gasteiger partial charge in [0.2, 0.25) is 10.0 Å². The minimum Gasteiger partial charge on any atom is -0.385 e. The molecule has 1 saturated carbocycles. The van der Waals surface area contributed by atoms with Crippen molar-refractivity contribution in [1.82, 2.24) is 0 Å². The molecule has 1 aromatic carbocycles. The van der Waals surface area contributed by atoms with Gasteiger partial charge in [0.1, 0.15) is 0 Å². The van der Waals surface area contributed by atoms with Gasteiger partial charge >= 0.3 is 0 Å². The summed E-state index contributed by atoms with van der Waals surface area (Å²) in [5.41, 5.74) is 1.58. The zero-order valence-corrected chi connectivity index (χ0v) is 12.2. The van der Waals surface area contributed by atoms with Crippen LogP contribution in [0.5, 0.6) is 0 Å². The lowest BCUT2D eigenvalue weighted by atomic mass is 9.89. The summed E-state index contributed by atoms with van der Waals surface area (Å²) in [5.74, 6) is 0.750. The number of anilines is 2. The topological polar surface area (TPSA) is 58.2 Å². The Labute approximate surface area is 115 Å². The van der Waals surface area contributed by atoms with Gasteiger partial charge in [-0.2, -0.15) is 0 Å². The summed E-state index contributed by atoms with van der Waals surface area (Å²) in [6, 6.07) is 7.42. The van der Waals surface area contributed by atoms with E-state index in [0.29, 0.717) is 5.69 Å². The van der Waals surface area contributed by atoms with E-state index in [1.807, 2.05) is 18.2 Å². The van der Waals surface area contributed by atoms with Crippen molar-refractivity contribution in [2.75, 3.05) is 22.8 Å². The molecule has 0 atom stereocenters. The lowest BCUT2D eigenvalue weighted by molar-refractivity contribution is 0.373. The SMILES string of the molecule is CS(=O)(=O)Nc1cccc(NCC2CCCCC2)c1. The van der Waals surface area contributed by atoms with Gasteiger partial charge in [-0.15, -0.1) is 0 Å². The van der Waals surface area contributed by atoms with Gasteiger partial charge in [0, 0.05) is 12.2 Å². The highest BCUT2D eigenvalue weighted by molar-refractivity contribution is 7.92. The number of rotatable bonds is 5. The van der Waals surface area contributed by atoms with Gasteiger partial charge in [-0.3, -0.25) is 4.72 Å². The molecule has 0 aliphatic heterocycles. The fourth-order valence-electron chi connectivity index (χ4n) is 2.56. The Morgan fingerprint density at radius 1 is 1.16 bits per heavy atom. The first kappa shape index (κ1) is 14.2. The monoisotopic (exact) mass is 282 g/mol. The standard InChI is InChI=1S/C14H22N2O2S/c1-19(17,18)16-14-9-5-8-13(10-14)15-11-12-6-3-2-4-7-12/h5,8-10,12,15-16H,2-4,6-7,11H2,1H3. The third-order valence-corrected chi connectivity index (χ3v) is 4.09. The van der Waals surface area contributed by atoms with Crippen molar-refractivity contribution in [3.63, 3.8) is 0 Å². The molecule has 0 radical (unpaired) electrons. The Bertz CT molecular complexity index is 508. The van der Waals surface area contributed by atoms with Gasteiger partial charge in [-0.25, -0.2) is 8.42 Å². The first-order valence-corrected chi connectivity index (χ1v) is 8.74. The molecule has 0 saturated heterocycles. The largest absolute Gasteiger partial charge is 0.385 e. The fourth-order valence-corrected chi connectivity index (χ4v) is 3.12. The van der Waals surface area contributed by atoms with Crippen LogP contribution in [0.25, 0.3) is 0 Å². The summed E-state index contributed by atoms with van der Waals surface area (Å²) in [7, 11) is -3.21. The molecule has 0 unspecified atom stereocenters. The number of hydrogen-bond acceptors (Lipinski definition) is 3. The smallest absolute Gasteiger partial charge is 0.229 e. The van der Waals surface area contributed by atoms with E-state index in [-0.39, 0.29) is 0 Å². The second-order valence-electron chi connectivity index (χ2n) is 5.34. The Morgan fingerprint density at radius 3 is 2.53 bits per heavy atom. The van der Waals surface area contributed by atoms with Crippen molar-refractivity contribution in [3.8, 4) is 0 Å². The van der Waals surface area contributed by atoms with Crippen molar-refractivity contribution >= 4 is 21.4 Å². The Kier molecular flexibility index (Phi) is 4.69. The summed E-state index contributed by atoms with van der Waals surface area (Å²) in [4.78, 5) is 0. The average molecular weight is 282 g/mol. The summed E-state index contributed by atoms with van der Waals surface area (Å²) < 4.78 is 24.9. The average Bonchev–Trinajstić information content (AvgIpc) is 2.36. The van der Waals surface area contributed by atoms with Crippen LogP contribution in [0.15, 0.2) is 24.3 Å². The van der Waals surface area contributed by atoms with Crippen LogP contribution in [0.2, 0.25) is 0 Å². The number of benzene rings is 1. The maximum Gasteiger partial charge on any atom is 0.229 e. The van der Waals surface area contributed by atoms with E-state index in [4.69, 9.17) is 0 Å². The van der Waals surface area contributed by atoms with Crippen LogP contribution >= 0.6 is 0 Å². The van der Waals surface area contributed by atoms with Crippen molar-refractivity contribution < 1.29 is 8.42 Å². The molecule has 2 rings (SSSR count). The van der Waals surface area contributed by atoms with Gasteiger partial charge in [-0.1, -0.05) is 25.3 Å². The minimum absolute atomic E-state index is 0.608. The van der Waals surface area contributed by atoms with Crippen LogP contribution in [0.1, 0.15) is 32.1 Å². The van der Waals surface area contributed by atoms with Crippen LogP contribution in [-0.2, 0) is 10.0 Å². The molecule has 1 aliphatic rings. The highest BCUT2D eigenvalue weighted by Crippen LogP contribution is 2.24. The van der Waals surface area contributed by atoms with E-state index < -0.39 is 10.0 Å². The van der Waals surface area contributed by atoms with Gasteiger partial charge in [0.25, 0.3) is 0 Å². The maximum atomic E-state index is 11.2. The number of hydrogen-bond donors (Lipinski definition) is 2. The molecule has 19 heavy (non-hydrogen) atoms. The van der Waals surface area contributed by atoms with Crippen molar-refractivity contribution in [2.45, 2.75) is 32.1 Å². The molecule has 1 fully saturated rings. The van der Waals surface area contributed by atoms with E-state index in [1.165, 1.54) is 32.1 Å². The Hall–Kier alpha value is -1.23. The molecule has 1 aliphatic carbocycles. The number of nitrogens with one attached hydrogen (secondary N) is 2. The van der Waals surface area contributed by atoms with Gasteiger partial charge < -0.3 is 5.32 Å². The van der Waals surface area contributed by atoms with Crippen LogP contribution in [0, 0.1) is 5.92 Å². The minimum atomic E-state index is -3.21. The zero-order chi connectivity index (χ0) is 13.7. The third-order valence-electron chi connectivity index (χ3n) is 3.49. The van der Waals surface area contributed by atoms with Crippen molar-refractivity contribution in [3.05, 3.63) is 24.3 Å². The van der Waals surface area contributed by atoms with E-state index in [2.05, 4.69) is 10.0 Å². The Morgan fingerprint density at radius 2 is 1.84 bits per heavy atom. The Balaban J connectivity index is 1.91. The van der Waals surface area contributed by atoms with Crippen LogP contribution in [0.4, 0.5) is 11.4 Å². The summed E-state index contributed by atoms with van der Waals surface area (Å²) in [6.45, 7) is 0.975. The zero-order valence-electron chi connectivity index (χ0n) is 11.4. The summed E-state index contributed by atoms with van der Waals surface area (Å²) in [6.07, 6.45) is 7.80. The molecule has 0 heterocycles. The summed E-state index contributed by atoms with van der Waals surface area (Å²) in [5, 5.41) is 3.41. The lowest BCUT2D eigenvalue weighted by Crippen LogP contribution is -2.17. The third kappa shape index (κ3) is 5.11. The molecule has 4 nitrogen and oxygen atoms in total. The van der Waals surface area contributed by atoms with Crippen molar-refractivity contribution in [1.29, 1.82) is 0 Å². The molecule has 0 bridgehead atoms. The van der Waals surface area contributed by atoms with Crippen LogP contribution in [0.3, 0.4) is 0 Å². The molecule has 0 spiro atoms. The maximum absolute atomic E-state index is 11.2. The van der Waals surface area contributed by atoms with Crippen molar-refractivity contribution in [2.24, 2.45) is 5.92 Å². The summed E-state index contributed by atoms with van der Waals surface area (Å²) >= 11 is 0. The molecule has 106 valence electrons. The van der Waals surface area contributed by atoms with Gasteiger partial charge in [-0.05, 0) is 37.0 Å². The molecule has 0 amide bonds. The van der Waals surface area contributed by atoms with Gasteiger partial charge in [0.15, 0.2) is 0 Å². The van der Waals surface area contributed by atoms with E-state index in [0.717, 1.165) is 24.4 Å². The molecule has 5 heteroatoms. The second kappa shape index (κ2) is 6.28. The highest BCUT2D eigenvalue weighted by Gasteiger charge is 2.12. The van der Waals surface area contributed by atoms with Crippen LogP contribution < -0.4 is 10.0 Å². The highest BCUT2D eigenvalue weighted by atomic mass is 32.2. The lowest BCUT2D eigenvalue weighted by Gasteiger charge is -2.22. The van der Waals surface area contributed by atoms with Crippen LogP contribution in [-0.4, -0.2) is 21.2 Å². The predicted molar refractivity (Wildman–Crippen MR) is 80.0 cm³/mol. The molecule has 2 N–H and O–H groups in total. The molecule has 1 aromatic rings. The molecule has 0 aromatic heterocycles. The second-order valence-corrected chi connectivity index (χ2v) is 7.09. The predicted octanol–water partition coefficient (Wildman–Crippen LogP) is 3.05. The van der Waals surface area contributed by atoms with Gasteiger partial charge in [0.05, 0.1) is 11.9 Å². The molecular formula is C14H22N2O2S. The quantitative estimate of drug-likeness (QED) is 0.872. The number of sulfonamides is 1.